The van der Waals surface area contributed by atoms with Crippen molar-refractivity contribution in [3.05, 3.63) is 23.4 Å². The standard InChI is InChI=1S/C14H20N4O/c1-5-18(6-2)14(19)11(4)17-13-8-12(9-15)7-10(3)16-13/h7-8,11H,5-6H2,1-4H3,(H,16,17). The Morgan fingerprint density at radius 1 is 1.47 bits per heavy atom. The number of likely N-dealkylation sites (N-methyl/N-ethyl adjacent to an activating group) is 1. The summed E-state index contributed by atoms with van der Waals surface area (Å²) >= 11 is 0. The molecule has 0 aliphatic rings. The minimum Gasteiger partial charge on any atom is -0.359 e. The van der Waals surface area contributed by atoms with E-state index in [4.69, 9.17) is 5.26 Å². The van der Waals surface area contributed by atoms with Gasteiger partial charge in [0.1, 0.15) is 11.9 Å². The molecule has 1 rings (SSSR count). The number of pyridine rings is 1. The molecule has 5 heteroatoms. The maximum Gasteiger partial charge on any atom is 0.244 e. The molecule has 0 aromatic carbocycles. The molecular weight excluding hydrogens is 240 g/mol. The summed E-state index contributed by atoms with van der Waals surface area (Å²) in [6.45, 7) is 8.90. The van der Waals surface area contributed by atoms with E-state index < -0.39 is 0 Å². The molecule has 1 atom stereocenters. The quantitative estimate of drug-likeness (QED) is 0.878. The van der Waals surface area contributed by atoms with Crippen LogP contribution in [0.3, 0.4) is 0 Å². The minimum atomic E-state index is -0.360. The minimum absolute atomic E-state index is 0.0341. The molecule has 0 saturated heterocycles. The van der Waals surface area contributed by atoms with E-state index in [1.807, 2.05) is 20.8 Å². The molecule has 0 spiro atoms. The second-order valence-corrected chi connectivity index (χ2v) is 4.37. The highest BCUT2D eigenvalue weighted by Gasteiger charge is 2.18. The van der Waals surface area contributed by atoms with Gasteiger partial charge in [-0.1, -0.05) is 0 Å². The van der Waals surface area contributed by atoms with Gasteiger partial charge in [-0.3, -0.25) is 4.79 Å². The molecule has 0 bridgehead atoms. The maximum atomic E-state index is 12.1. The van der Waals surface area contributed by atoms with Crippen molar-refractivity contribution in [3.63, 3.8) is 0 Å². The number of nitriles is 1. The van der Waals surface area contributed by atoms with Gasteiger partial charge in [-0.2, -0.15) is 5.26 Å². The van der Waals surface area contributed by atoms with E-state index in [0.717, 1.165) is 5.69 Å². The van der Waals surface area contributed by atoms with Crippen LogP contribution in [0, 0.1) is 18.3 Å². The summed E-state index contributed by atoms with van der Waals surface area (Å²) in [4.78, 5) is 18.2. The third-order valence-electron chi connectivity index (χ3n) is 2.89. The Kier molecular flexibility index (Phi) is 5.31. The van der Waals surface area contributed by atoms with E-state index in [1.54, 1.807) is 24.0 Å². The van der Waals surface area contributed by atoms with Gasteiger partial charge >= 0.3 is 0 Å². The van der Waals surface area contributed by atoms with Crippen LogP contribution in [0.1, 0.15) is 32.0 Å². The van der Waals surface area contributed by atoms with E-state index in [9.17, 15) is 4.79 Å². The Hall–Kier alpha value is -2.09. The third kappa shape index (κ3) is 3.95. The van der Waals surface area contributed by atoms with Crippen LogP contribution >= 0.6 is 0 Å². The number of anilines is 1. The summed E-state index contributed by atoms with van der Waals surface area (Å²) in [7, 11) is 0. The molecule has 0 fully saturated rings. The summed E-state index contributed by atoms with van der Waals surface area (Å²) < 4.78 is 0. The average Bonchev–Trinajstić information content (AvgIpc) is 2.39. The molecule has 19 heavy (non-hydrogen) atoms. The molecule has 5 nitrogen and oxygen atoms in total. The third-order valence-corrected chi connectivity index (χ3v) is 2.89. The number of hydrogen-bond donors (Lipinski definition) is 1. The van der Waals surface area contributed by atoms with Crippen LogP contribution in [0.4, 0.5) is 5.82 Å². The average molecular weight is 260 g/mol. The first-order valence-electron chi connectivity index (χ1n) is 6.45. The molecule has 1 aromatic heterocycles. The van der Waals surface area contributed by atoms with Crippen molar-refractivity contribution >= 4 is 11.7 Å². The van der Waals surface area contributed by atoms with Crippen LogP contribution in [-0.2, 0) is 4.79 Å². The highest BCUT2D eigenvalue weighted by atomic mass is 16.2. The summed E-state index contributed by atoms with van der Waals surface area (Å²) in [5.74, 6) is 0.594. The first kappa shape index (κ1) is 15.0. The largest absolute Gasteiger partial charge is 0.359 e. The van der Waals surface area contributed by atoms with Gasteiger partial charge in [-0.25, -0.2) is 4.98 Å². The first-order chi connectivity index (χ1) is 9.01. The number of rotatable bonds is 5. The summed E-state index contributed by atoms with van der Waals surface area (Å²) in [5.41, 5.74) is 1.29. The fourth-order valence-electron chi connectivity index (χ4n) is 1.90. The Morgan fingerprint density at radius 3 is 2.63 bits per heavy atom. The number of carbonyl (C=O) groups is 1. The van der Waals surface area contributed by atoms with Gasteiger partial charge in [0, 0.05) is 18.8 Å². The second kappa shape index (κ2) is 6.74. The van der Waals surface area contributed by atoms with Crippen molar-refractivity contribution in [1.29, 1.82) is 5.26 Å². The number of aryl methyl sites for hydroxylation is 1. The number of carbonyl (C=O) groups excluding carboxylic acids is 1. The maximum absolute atomic E-state index is 12.1. The summed E-state index contributed by atoms with van der Waals surface area (Å²) in [5, 5.41) is 12.0. The van der Waals surface area contributed by atoms with Crippen molar-refractivity contribution in [3.8, 4) is 6.07 Å². The Labute approximate surface area is 114 Å². The Morgan fingerprint density at radius 2 is 2.11 bits per heavy atom. The zero-order valence-electron chi connectivity index (χ0n) is 11.9. The normalized spacial score (nSPS) is 11.5. The van der Waals surface area contributed by atoms with E-state index in [1.165, 1.54) is 0 Å². The van der Waals surface area contributed by atoms with Crippen molar-refractivity contribution in [2.75, 3.05) is 18.4 Å². The number of nitrogens with zero attached hydrogens (tertiary/aromatic N) is 3. The molecule has 1 aromatic rings. The topological polar surface area (TPSA) is 69.0 Å². The molecule has 0 aliphatic carbocycles. The van der Waals surface area contributed by atoms with Crippen molar-refractivity contribution < 1.29 is 4.79 Å². The Balaban J connectivity index is 2.82. The number of hydrogen-bond acceptors (Lipinski definition) is 4. The highest BCUT2D eigenvalue weighted by molar-refractivity contribution is 5.84. The molecule has 0 aliphatic heterocycles. The van der Waals surface area contributed by atoms with Gasteiger partial charge in [-0.15, -0.1) is 0 Å². The summed E-state index contributed by atoms with van der Waals surface area (Å²) in [6, 6.07) is 5.08. The molecule has 1 heterocycles. The second-order valence-electron chi connectivity index (χ2n) is 4.37. The van der Waals surface area contributed by atoms with Crippen LogP contribution in [0.5, 0.6) is 0 Å². The van der Waals surface area contributed by atoms with Gasteiger partial charge in [0.2, 0.25) is 5.91 Å². The molecule has 102 valence electrons. The van der Waals surface area contributed by atoms with E-state index in [0.29, 0.717) is 24.5 Å². The monoisotopic (exact) mass is 260 g/mol. The predicted octanol–water partition coefficient (Wildman–Crippen LogP) is 1.93. The van der Waals surface area contributed by atoms with E-state index >= 15 is 0 Å². The lowest BCUT2D eigenvalue weighted by molar-refractivity contribution is -0.131. The lowest BCUT2D eigenvalue weighted by Gasteiger charge is -2.23. The lowest BCUT2D eigenvalue weighted by atomic mass is 10.2. The smallest absolute Gasteiger partial charge is 0.244 e. The van der Waals surface area contributed by atoms with Gasteiger partial charge in [0.15, 0.2) is 0 Å². The van der Waals surface area contributed by atoms with Crippen molar-refractivity contribution in [2.24, 2.45) is 0 Å². The number of nitrogens with one attached hydrogen (secondary N) is 1. The number of amides is 1. The van der Waals surface area contributed by atoms with Crippen LogP contribution < -0.4 is 5.32 Å². The molecule has 0 radical (unpaired) electrons. The van der Waals surface area contributed by atoms with Gasteiger partial charge in [-0.05, 0) is 39.8 Å². The Bertz CT molecular complexity index is 489. The molecular formula is C14H20N4O. The van der Waals surface area contributed by atoms with Gasteiger partial charge in [0.25, 0.3) is 0 Å². The first-order valence-corrected chi connectivity index (χ1v) is 6.45. The predicted molar refractivity (Wildman–Crippen MR) is 74.7 cm³/mol. The van der Waals surface area contributed by atoms with Gasteiger partial charge in [0.05, 0.1) is 11.6 Å². The van der Waals surface area contributed by atoms with Crippen molar-refractivity contribution in [2.45, 2.75) is 33.7 Å². The summed E-state index contributed by atoms with van der Waals surface area (Å²) in [6.07, 6.45) is 0. The lowest BCUT2D eigenvalue weighted by Crippen LogP contribution is -2.41. The van der Waals surface area contributed by atoms with Crippen LogP contribution in [-0.4, -0.2) is 34.9 Å². The highest BCUT2D eigenvalue weighted by Crippen LogP contribution is 2.11. The van der Waals surface area contributed by atoms with E-state index in [2.05, 4.69) is 16.4 Å². The zero-order valence-corrected chi connectivity index (χ0v) is 11.9. The fourth-order valence-corrected chi connectivity index (χ4v) is 1.90. The van der Waals surface area contributed by atoms with E-state index in [-0.39, 0.29) is 11.9 Å². The zero-order chi connectivity index (χ0) is 14.4. The molecule has 1 N–H and O–H groups in total. The van der Waals surface area contributed by atoms with Gasteiger partial charge < -0.3 is 10.2 Å². The van der Waals surface area contributed by atoms with Crippen molar-refractivity contribution in [1.82, 2.24) is 9.88 Å². The number of aromatic nitrogens is 1. The molecule has 1 amide bonds. The molecule has 0 saturated carbocycles. The fraction of sp³-hybridized carbons (Fsp3) is 0.500. The molecule has 1 unspecified atom stereocenters. The van der Waals surface area contributed by atoms with Crippen LogP contribution in [0.2, 0.25) is 0 Å². The van der Waals surface area contributed by atoms with Crippen LogP contribution in [0.15, 0.2) is 12.1 Å². The SMILES string of the molecule is CCN(CC)C(=O)C(C)Nc1cc(C#N)cc(C)n1. The van der Waals surface area contributed by atoms with Crippen LogP contribution in [0.25, 0.3) is 0 Å².